The lowest BCUT2D eigenvalue weighted by Gasteiger charge is -2.28. The second kappa shape index (κ2) is 28.9. The molecule has 0 fully saturated rings. The zero-order chi connectivity index (χ0) is 42.0. The van der Waals surface area contributed by atoms with Gasteiger partial charge in [-0.3, -0.25) is 28.8 Å². The highest BCUT2D eigenvalue weighted by molar-refractivity contribution is 5.96. The molecule has 1 aromatic heterocycles. The Morgan fingerprint density at radius 3 is 1.68 bits per heavy atom. The van der Waals surface area contributed by atoms with Gasteiger partial charge in [-0.05, 0) is 24.2 Å². The minimum absolute atomic E-state index is 0.0736. The number of ketones is 3. The van der Waals surface area contributed by atoms with Crippen LogP contribution in [0.1, 0.15) is 184 Å². The smallest absolute Gasteiger partial charge is 0.224 e. The van der Waals surface area contributed by atoms with Crippen LogP contribution >= 0.6 is 0 Å². The van der Waals surface area contributed by atoms with Crippen LogP contribution in [0.25, 0.3) is 0 Å². The number of aromatic nitrogens is 2. The quantitative estimate of drug-likeness (QED) is 0.0519. The molecule has 56 heavy (non-hydrogen) atoms. The van der Waals surface area contributed by atoms with Crippen LogP contribution in [0.15, 0.2) is 12.5 Å². The van der Waals surface area contributed by atoms with Gasteiger partial charge in [0.25, 0.3) is 0 Å². The Bertz CT molecular complexity index is 1300. The molecule has 0 bridgehead atoms. The van der Waals surface area contributed by atoms with Crippen molar-refractivity contribution in [2.45, 2.75) is 202 Å². The van der Waals surface area contributed by atoms with Crippen LogP contribution in [0.5, 0.6) is 0 Å². The molecule has 0 spiro atoms. The van der Waals surface area contributed by atoms with Crippen LogP contribution < -0.4 is 16.0 Å². The van der Waals surface area contributed by atoms with Gasteiger partial charge in [0.15, 0.2) is 17.3 Å². The maximum absolute atomic E-state index is 13.9. The van der Waals surface area contributed by atoms with Gasteiger partial charge in [0, 0.05) is 55.8 Å². The number of imidazole rings is 1. The maximum atomic E-state index is 13.9. The van der Waals surface area contributed by atoms with Crippen LogP contribution in [0.2, 0.25) is 0 Å². The fourth-order valence-corrected chi connectivity index (χ4v) is 7.11. The first-order valence-corrected chi connectivity index (χ1v) is 22.1. The molecule has 11 heteroatoms. The minimum atomic E-state index is -0.974. The summed E-state index contributed by atoms with van der Waals surface area (Å²) in [5, 5.41) is 8.71. The van der Waals surface area contributed by atoms with E-state index in [0.29, 0.717) is 18.5 Å². The van der Waals surface area contributed by atoms with Crippen molar-refractivity contribution in [1.82, 2.24) is 25.9 Å². The maximum Gasteiger partial charge on any atom is 0.224 e. The third-order valence-electron chi connectivity index (χ3n) is 11.2. The Labute approximate surface area is 339 Å². The molecule has 6 atom stereocenters. The van der Waals surface area contributed by atoms with E-state index in [4.69, 9.17) is 0 Å². The van der Waals surface area contributed by atoms with Gasteiger partial charge in [0.1, 0.15) is 0 Å². The Hall–Kier alpha value is -3.37. The van der Waals surface area contributed by atoms with Crippen molar-refractivity contribution in [2.75, 3.05) is 0 Å². The van der Waals surface area contributed by atoms with Gasteiger partial charge in [-0.1, -0.05) is 146 Å². The van der Waals surface area contributed by atoms with Gasteiger partial charge >= 0.3 is 0 Å². The molecular weight excluding hydrogens is 707 g/mol. The van der Waals surface area contributed by atoms with Gasteiger partial charge in [-0.2, -0.15) is 0 Å². The largest absolute Gasteiger partial charge is 0.348 e. The van der Waals surface area contributed by atoms with Crippen molar-refractivity contribution in [3.05, 3.63) is 18.2 Å². The first kappa shape index (κ1) is 50.6. The summed E-state index contributed by atoms with van der Waals surface area (Å²) < 4.78 is 0. The molecule has 1 heterocycles. The zero-order valence-electron chi connectivity index (χ0n) is 36.6. The molecule has 0 aliphatic heterocycles. The highest BCUT2D eigenvalue weighted by Crippen LogP contribution is 2.22. The standard InChI is InChI=1S/C45H79N5O6/c1-10-13-14-15-16-17-18-19-20-21-22-23-24-25-41(54)49-43(33(8)11-2)40(53)28-36(31(4)5)45(56)48-37(27-35-29-46-30-47-35)39(52)26-34(9)44(55)50-42(32(6)7)38(51)12-3/h29-34,36-37,42-43H,10-28H2,1-9H3,(H,46,47)(H,48,56)(H,49,54)(H,50,55)/t33-,34+,36-,37-,42-,43-/m0/s1. The number of hydrogen-bond donors (Lipinski definition) is 4. The molecule has 4 N–H and O–H groups in total. The van der Waals surface area contributed by atoms with Crippen molar-refractivity contribution < 1.29 is 28.8 Å². The highest BCUT2D eigenvalue weighted by atomic mass is 16.2. The van der Waals surface area contributed by atoms with E-state index in [2.05, 4.69) is 32.8 Å². The van der Waals surface area contributed by atoms with Crippen LogP contribution in [0.4, 0.5) is 0 Å². The molecule has 0 aromatic carbocycles. The van der Waals surface area contributed by atoms with E-state index >= 15 is 0 Å². The average molecular weight is 786 g/mol. The zero-order valence-corrected chi connectivity index (χ0v) is 36.6. The summed E-state index contributed by atoms with van der Waals surface area (Å²) in [5.41, 5.74) is 0.634. The molecule has 0 aliphatic rings. The van der Waals surface area contributed by atoms with E-state index in [1.807, 2.05) is 41.5 Å². The summed E-state index contributed by atoms with van der Waals surface area (Å²) in [6.45, 7) is 17.0. The third kappa shape index (κ3) is 20.2. The normalized spacial score (nSPS) is 14.8. The Balaban J connectivity index is 2.82. The number of nitrogens with zero attached hydrogens (tertiary/aromatic N) is 1. The second-order valence-corrected chi connectivity index (χ2v) is 16.9. The number of rotatable bonds is 33. The van der Waals surface area contributed by atoms with E-state index < -0.39 is 41.8 Å². The lowest BCUT2D eigenvalue weighted by molar-refractivity contribution is -0.136. The molecule has 3 amide bonds. The molecule has 1 rings (SSSR count). The number of carbonyl (C=O) groups is 6. The predicted octanol–water partition coefficient (Wildman–Crippen LogP) is 8.40. The van der Waals surface area contributed by atoms with Crippen molar-refractivity contribution in [1.29, 1.82) is 0 Å². The van der Waals surface area contributed by atoms with Gasteiger partial charge in [-0.15, -0.1) is 0 Å². The van der Waals surface area contributed by atoms with E-state index in [1.54, 1.807) is 20.0 Å². The highest BCUT2D eigenvalue weighted by Gasteiger charge is 2.35. The van der Waals surface area contributed by atoms with E-state index in [0.717, 1.165) is 19.3 Å². The molecule has 0 saturated carbocycles. The fourth-order valence-electron chi connectivity index (χ4n) is 7.11. The lowest BCUT2D eigenvalue weighted by Crippen LogP contribution is -2.50. The number of nitrogens with one attached hydrogen (secondary N) is 4. The number of amides is 3. The van der Waals surface area contributed by atoms with E-state index in [9.17, 15) is 28.8 Å². The Kier molecular flexibility index (Phi) is 26.2. The molecule has 0 saturated heterocycles. The second-order valence-electron chi connectivity index (χ2n) is 16.9. The van der Waals surface area contributed by atoms with Gasteiger partial charge < -0.3 is 20.9 Å². The summed E-state index contributed by atoms with van der Waals surface area (Å²) in [7, 11) is 0. The van der Waals surface area contributed by atoms with Crippen LogP contribution in [-0.2, 0) is 35.2 Å². The molecular formula is C45H79N5O6. The molecule has 0 radical (unpaired) electrons. The first-order valence-electron chi connectivity index (χ1n) is 22.1. The summed E-state index contributed by atoms with van der Waals surface area (Å²) in [5.74, 6) is -3.51. The molecule has 0 unspecified atom stereocenters. The number of unbranched alkanes of at least 4 members (excludes halogenated alkanes) is 12. The van der Waals surface area contributed by atoms with Crippen LogP contribution in [0.3, 0.4) is 0 Å². The topological polar surface area (TPSA) is 167 Å². The summed E-state index contributed by atoms with van der Waals surface area (Å²) in [4.78, 5) is 87.1. The molecule has 0 aliphatic carbocycles. The van der Waals surface area contributed by atoms with Crippen molar-refractivity contribution in [2.24, 2.45) is 29.6 Å². The Morgan fingerprint density at radius 1 is 0.625 bits per heavy atom. The van der Waals surface area contributed by atoms with Crippen molar-refractivity contribution in [3.8, 4) is 0 Å². The van der Waals surface area contributed by atoms with Crippen LogP contribution in [0, 0.1) is 29.6 Å². The summed E-state index contributed by atoms with van der Waals surface area (Å²) >= 11 is 0. The number of Topliss-reactive ketones (excluding diaryl/α,β-unsaturated/α-hetero) is 3. The van der Waals surface area contributed by atoms with E-state index in [-0.39, 0.29) is 66.7 Å². The summed E-state index contributed by atoms with van der Waals surface area (Å²) in [6, 6.07) is -2.32. The predicted molar refractivity (Wildman–Crippen MR) is 225 cm³/mol. The minimum Gasteiger partial charge on any atom is -0.348 e. The SMILES string of the molecule is CCCCCCCCCCCCCCCC(=O)N[C@H](C(=O)C[C@H](C(=O)N[C@@H](Cc1cnc[nH]1)C(=O)C[C@@H](C)C(=O)N[C@H](C(=O)CC)C(C)C)C(C)C)[C@@H](C)CC. The number of aromatic amines is 1. The fraction of sp³-hybridized carbons (Fsp3) is 0.800. The van der Waals surface area contributed by atoms with Gasteiger partial charge in [-0.25, -0.2) is 4.98 Å². The lowest BCUT2D eigenvalue weighted by atomic mass is 9.84. The monoisotopic (exact) mass is 786 g/mol. The van der Waals surface area contributed by atoms with Gasteiger partial charge in [0.05, 0.1) is 24.5 Å². The average Bonchev–Trinajstić information content (AvgIpc) is 3.68. The Morgan fingerprint density at radius 2 is 1.20 bits per heavy atom. The first-order chi connectivity index (χ1) is 26.7. The number of hydrogen-bond acceptors (Lipinski definition) is 7. The molecule has 320 valence electrons. The van der Waals surface area contributed by atoms with Crippen LogP contribution in [-0.4, -0.2) is 63.2 Å². The molecule has 1 aromatic rings. The van der Waals surface area contributed by atoms with E-state index in [1.165, 1.54) is 70.5 Å². The van der Waals surface area contributed by atoms with Crippen molar-refractivity contribution in [3.63, 3.8) is 0 Å². The molecule has 11 nitrogen and oxygen atoms in total. The van der Waals surface area contributed by atoms with Crippen molar-refractivity contribution >= 4 is 35.1 Å². The van der Waals surface area contributed by atoms with Gasteiger partial charge in [0.2, 0.25) is 17.7 Å². The third-order valence-corrected chi connectivity index (χ3v) is 11.2. The number of H-pyrrole nitrogens is 1. The number of carbonyl (C=O) groups excluding carboxylic acids is 6. The summed E-state index contributed by atoms with van der Waals surface area (Å²) in [6.07, 6.45) is 20.2.